The van der Waals surface area contributed by atoms with Crippen molar-refractivity contribution in [2.24, 2.45) is 0 Å². The molecule has 1 saturated heterocycles. The third-order valence-corrected chi connectivity index (χ3v) is 5.96. The molecule has 0 spiro atoms. The van der Waals surface area contributed by atoms with Crippen LogP contribution in [0.1, 0.15) is 50.7 Å². The van der Waals surface area contributed by atoms with Crippen molar-refractivity contribution < 1.29 is 4.39 Å². The van der Waals surface area contributed by atoms with E-state index in [1.807, 2.05) is 18.2 Å². The fourth-order valence-corrected chi connectivity index (χ4v) is 4.05. The van der Waals surface area contributed by atoms with Crippen molar-refractivity contribution in [2.45, 2.75) is 45.1 Å². The molecular weight excluding hydrogens is 391 g/mol. The van der Waals surface area contributed by atoms with Crippen molar-refractivity contribution in [2.75, 3.05) is 13.1 Å². The lowest BCUT2D eigenvalue weighted by Crippen LogP contribution is -2.45. The van der Waals surface area contributed by atoms with Gasteiger partial charge in [0.2, 0.25) is 0 Å². The number of halogens is 2. The third-order valence-electron chi connectivity index (χ3n) is 5.34. The first-order chi connectivity index (χ1) is 12.3. The Labute approximate surface area is 163 Å². The maximum atomic E-state index is 14.2. The summed E-state index contributed by atoms with van der Waals surface area (Å²) in [4.78, 5) is 2.54. The molecule has 1 fully saturated rings. The Hall–Kier alpha value is -1.70. The molecule has 2 nitrogen and oxygen atoms in total. The molecule has 0 saturated carbocycles. The number of nitrogens with zero attached hydrogens (tertiary/aromatic N) is 2. The molecular formula is C22H24BrFN2. The Morgan fingerprint density at radius 1 is 1.08 bits per heavy atom. The van der Waals surface area contributed by atoms with Crippen molar-refractivity contribution >= 4 is 15.9 Å². The highest BCUT2D eigenvalue weighted by Crippen LogP contribution is 2.34. The smallest absolute Gasteiger partial charge is 0.155 e. The van der Waals surface area contributed by atoms with Gasteiger partial charge in [-0.15, -0.1) is 0 Å². The molecule has 2 aromatic rings. The number of hydrogen-bond donors (Lipinski definition) is 0. The monoisotopic (exact) mass is 414 g/mol. The van der Waals surface area contributed by atoms with Crippen molar-refractivity contribution in [3.05, 3.63) is 57.8 Å². The average molecular weight is 415 g/mol. The molecule has 0 radical (unpaired) electrons. The van der Waals surface area contributed by atoms with Gasteiger partial charge in [0.15, 0.2) is 5.82 Å². The number of piperidine rings is 1. The molecule has 0 atom stereocenters. The van der Waals surface area contributed by atoms with E-state index in [1.165, 1.54) is 5.56 Å². The van der Waals surface area contributed by atoms with Gasteiger partial charge in [-0.3, -0.25) is 4.90 Å². The summed E-state index contributed by atoms with van der Waals surface area (Å²) in [6.45, 7) is 9.05. The summed E-state index contributed by atoms with van der Waals surface area (Å²) in [6.07, 6.45) is 2.32. The highest BCUT2D eigenvalue weighted by molar-refractivity contribution is 9.10. The normalized spacial score (nSPS) is 16.5. The van der Waals surface area contributed by atoms with E-state index in [-0.39, 0.29) is 11.1 Å². The highest BCUT2D eigenvalue weighted by Gasteiger charge is 2.27. The summed E-state index contributed by atoms with van der Waals surface area (Å²) in [5.41, 5.74) is 3.17. The van der Waals surface area contributed by atoms with Crippen LogP contribution in [0.3, 0.4) is 0 Å². The second kappa shape index (κ2) is 7.50. The summed E-state index contributed by atoms with van der Waals surface area (Å²) < 4.78 is 14.5. The molecule has 0 amide bonds. The van der Waals surface area contributed by atoms with E-state index in [0.717, 1.165) is 31.5 Å². The largest absolute Gasteiger partial charge is 0.298 e. The van der Waals surface area contributed by atoms with Crippen LogP contribution in [0.15, 0.2) is 40.9 Å². The van der Waals surface area contributed by atoms with Crippen molar-refractivity contribution in [3.8, 4) is 17.2 Å². The van der Waals surface area contributed by atoms with E-state index < -0.39 is 5.82 Å². The molecule has 0 aliphatic carbocycles. The van der Waals surface area contributed by atoms with Crippen LogP contribution < -0.4 is 0 Å². The molecule has 0 N–H and O–H groups in total. The number of nitriles is 1. The maximum Gasteiger partial charge on any atom is 0.155 e. The zero-order valence-corrected chi connectivity index (χ0v) is 17.1. The summed E-state index contributed by atoms with van der Waals surface area (Å²) >= 11 is 3.15. The quantitative estimate of drug-likeness (QED) is 0.592. The van der Waals surface area contributed by atoms with E-state index >= 15 is 0 Å². The van der Waals surface area contributed by atoms with Gasteiger partial charge in [-0.1, -0.05) is 30.3 Å². The van der Waals surface area contributed by atoms with Crippen LogP contribution in [0.25, 0.3) is 11.1 Å². The van der Waals surface area contributed by atoms with Gasteiger partial charge < -0.3 is 0 Å². The van der Waals surface area contributed by atoms with Gasteiger partial charge in [-0.05, 0) is 85.7 Å². The summed E-state index contributed by atoms with van der Waals surface area (Å²) in [5.74, 6) is 0.0726. The Morgan fingerprint density at radius 2 is 1.69 bits per heavy atom. The van der Waals surface area contributed by atoms with E-state index in [1.54, 1.807) is 12.1 Å². The first-order valence-electron chi connectivity index (χ1n) is 9.04. The SMILES string of the molecule is CC(C)(C)N1CCC(c2ccc(-c3ccc(Br)c(F)c3C#N)cc2)CC1. The Bertz CT molecular complexity index is 823. The zero-order chi connectivity index (χ0) is 18.9. The first kappa shape index (κ1) is 19.1. The molecule has 1 heterocycles. The van der Waals surface area contributed by atoms with Crippen LogP contribution in [0.2, 0.25) is 0 Å². The standard InChI is InChI=1S/C22H24BrFN2/c1-22(2,3)26-12-10-16(11-13-26)15-4-6-17(7-5-15)18-8-9-20(23)21(24)19(18)14-25/h4-9,16H,10-13H2,1-3H3. The Balaban J connectivity index is 1.79. The fourth-order valence-electron chi connectivity index (χ4n) is 3.72. The lowest BCUT2D eigenvalue weighted by molar-refractivity contribution is 0.102. The summed E-state index contributed by atoms with van der Waals surface area (Å²) in [7, 11) is 0. The minimum atomic E-state index is -0.497. The molecule has 1 aliphatic heterocycles. The lowest BCUT2D eigenvalue weighted by Gasteiger charge is -2.41. The molecule has 4 heteroatoms. The molecule has 0 unspecified atom stereocenters. The van der Waals surface area contributed by atoms with Gasteiger partial charge in [-0.25, -0.2) is 4.39 Å². The number of hydrogen-bond acceptors (Lipinski definition) is 2. The minimum Gasteiger partial charge on any atom is -0.298 e. The molecule has 0 aromatic heterocycles. The van der Waals surface area contributed by atoms with Crippen LogP contribution in [0.5, 0.6) is 0 Å². The van der Waals surface area contributed by atoms with Crippen LogP contribution in [-0.2, 0) is 0 Å². The molecule has 0 bridgehead atoms. The van der Waals surface area contributed by atoms with Crippen molar-refractivity contribution in [3.63, 3.8) is 0 Å². The Morgan fingerprint density at radius 3 is 2.23 bits per heavy atom. The minimum absolute atomic E-state index is 0.0885. The molecule has 1 aliphatic rings. The van der Waals surface area contributed by atoms with Gasteiger partial charge in [0.25, 0.3) is 0 Å². The predicted molar refractivity (Wildman–Crippen MR) is 108 cm³/mol. The molecule has 2 aromatic carbocycles. The first-order valence-corrected chi connectivity index (χ1v) is 9.84. The zero-order valence-electron chi connectivity index (χ0n) is 15.5. The Kier molecular flexibility index (Phi) is 5.50. The van der Waals surface area contributed by atoms with Gasteiger partial charge in [0.05, 0.1) is 10.0 Å². The van der Waals surface area contributed by atoms with E-state index in [2.05, 4.69) is 53.7 Å². The molecule has 3 rings (SSSR count). The molecule has 26 heavy (non-hydrogen) atoms. The van der Waals surface area contributed by atoms with Crippen LogP contribution in [0, 0.1) is 17.1 Å². The predicted octanol–water partition coefficient (Wildman–Crippen LogP) is 6.10. The van der Waals surface area contributed by atoms with Gasteiger partial charge in [0, 0.05) is 11.1 Å². The van der Waals surface area contributed by atoms with Gasteiger partial charge >= 0.3 is 0 Å². The lowest BCUT2D eigenvalue weighted by atomic mass is 9.86. The topological polar surface area (TPSA) is 27.0 Å². The third kappa shape index (κ3) is 3.84. The second-order valence-electron chi connectivity index (χ2n) is 7.95. The number of likely N-dealkylation sites (tertiary alicyclic amines) is 1. The average Bonchev–Trinajstić information content (AvgIpc) is 2.63. The van der Waals surface area contributed by atoms with E-state index in [9.17, 15) is 9.65 Å². The van der Waals surface area contributed by atoms with Crippen molar-refractivity contribution in [1.82, 2.24) is 4.90 Å². The van der Waals surface area contributed by atoms with Crippen LogP contribution in [-0.4, -0.2) is 23.5 Å². The van der Waals surface area contributed by atoms with E-state index in [0.29, 0.717) is 16.0 Å². The van der Waals surface area contributed by atoms with E-state index in [4.69, 9.17) is 0 Å². The van der Waals surface area contributed by atoms with Gasteiger partial charge in [0.1, 0.15) is 6.07 Å². The van der Waals surface area contributed by atoms with Gasteiger partial charge in [-0.2, -0.15) is 5.26 Å². The number of benzene rings is 2. The second-order valence-corrected chi connectivity index (χ2v) is 8.80. The van der Waals surface area contributed by atoms with Crippen molar-refractivity contribution in [1.29, 1.82) is 5.26 Å². The number of rotatable bonds is 2. The highest BCUT2D eigenvalue weighted by atomic mass is 79.9. The van der Waals surface area contributed by atoms with Crippen LogP contribution in [0.4, 0.5) is 4.39 Å². The summed E-state index contributed by atoms with van der Waals surface area (Å²) in [6, 6.07) is 13.7. The summed E-state index contributed by atoms with van der Waals surface area (Å²) in [5, 5.41) is 9.32. The molecule has 136 valence electrons. The fraction of sp³-hybridized carbons (Fsp3) is 0.409. The maximum absolute atomic E-state index is 14.2. The van der Waals surface area contributed by atoms with Crippen LogP contribution >= 0.6 is 15.9 Å².